The summed E-state index contributed by atoms with van der Waals surface area (Å²) in [4.78, 5) is 5.12. The van der Waals surface area contributed by atoms with Gasteiger partial charge in [0.05, 0.1) is 5.54 Å². The van der Waals surface area contributed by atoms with Gasteiger partial charge in [0.2, 0.25) is 0 Å². The Bertz CT molecular complexity index is 747. The fourth-order valence-electron chi connectivity index (χ4n) is 4.51. The average molecular weight is 391 g/mol. The minimum Gasteiger partial charge on any atom is -0.300 e. The van der Waals surface area contributed by atoms with Gasteiger partial charge in [0.25, 0.3) is 0 Å². The van der Waals surface area contributed by atoms with Crippen molar-refractivity contribution in [2.75, 3.05) is 38.6 Å². The summed E-state index contributed by atoms with van der Waals surface area (Å²) in [6.07, 6.45) is 0. The van der Waals surface area contributed by atoms with Crippen LogP contribution in [0.15, 0.2) is 91.0 Å². The molecule has 1 saturated heterocycles. The zero-order valence-electron chi connectivity index (χ0n) is 16.2. The quantitative estimate of drug-likeness (QED) is 0.439. The molecular weight excluding hydrogens is 364 g/mol. The minimum absolute atomic E-state index is 0.295. The first kappa shape index (κ1) is 19.2. The summed E-state index contributed by atoms with van der Waals surface area (Å²) in [6.45, 7) is 5.07. The van der Waals surface area contributed by atoms with Gasteiger partial charge >= 0.3 is 0 Å². The summed E-state index contributed by atoms with van der Waals surface area (Å²) in [7, 11) is 0. The van der Waals surface area contributed by atoms with Crippen LogP contribution in [-0.4, -0.2) is 48.4 Å². The van der Waals surface area contributed by atoms with Crippen LogP contribution in [0, 0.1) is 0 Å². The van der Waals surface area contributed by atoms with Crippen LogP contribution in [0.3, 0.4) is 0 Å². The molecule has 3 aromatic rings. The van der Waals surface area contributed by atoms with Crippen molar-refractivity contribution in [2.24, 2.45) is 0 Å². The lowest BCUT2D eigenvalue weighted by molar-refractivity contribution is 0.0762. The largest absolute Gasteiger partial charge is 0.300 e. The Morgan fingerprint density at radius 2 is 1.00 bits per heavy atom. The second-order valence-electron chi connectivity index (χ2n) is 7.33. The van der Waals surface area contributed by atoms with E-state index in [-0.39, 0.29) is 5.54 Å². The van der Waals surface area contributed by atoms with Gasteiger partial charge in [-0.25, -0.2) is 0 Å². The van der Waals surface area contributed by atoms with Crippen molar-refractivity contribution in [2.45, 2.75) is 5.54 Å². The number of rotatable bonds is 6. The fraction of sp³-hybridized carbons (Fsp3) is 0.280. The van der Waals surface area contributed by atoms with Crippen molar-refractivity contribution in [1.82, 2.24) is 9.80 Å². The van der Waals surface area contributed by atoms with E-state index in [4.69, 9.17) is 11.6 Å². The Labute approximate surface area is 173 Å². The molecule has 3 heteroatoms. The molecule has 2 nitrogen and oxygen atoms in total. The van der Waals surface area contributed by atoms with E-state index in [0.717, 1.165) is 32.7 Å². The topological polar surface area (TPSA) is 6.48 Å². The van der Waals surface area contributed by atoms with Crippen LogP contribution >= 0.6 is 11.6 Å². The molecule has 144 valence electrons. The van der Waals surface area contributed by atoms with Gasteiger partial charge in [-0.15, -0.1) is 11.6 Å². The molecular formula is C25H27ClN2. The third-order valence-electron chi connectivity index (χ3n) is 5.82. The molecule has 0 bridgehead atoms. The number of piperazine rings is 1. The van der Waals surface area contributed by atoms with Gasteiger partial charge in [-0.3, -0.25) is 9.80 Å². The summed E-state index contributed by atoms with van der Waals surface area (Å²) >= 11 is 5.99. The molecule has 1 aliphatic heterocycles. The first-order valence-electron chi connectivity index (χ1n) is 10.1. The highest BCUT2D eigenvalue weighted by Gasteiger charge is 2.42. The molecule has 1 aliphatic rings. The van der Waals surface area contributed by atoms with Gasteiger partial charge in [-0.1, -0.05) is 91.0 Å². The van der Waals surface area contributed by atoms with Crippen LogP contribution in [0.25, 0.3) is 0 Å². The lowest BCUT2D eigenvalue weighted by atomic mass is 9.75. The first-order valence-corrected chi connectivity index (χ1v) is 10.6. The van der Waals surface area contributed by atoms with Crippen LogP contribution in [0.1, 0.15) is 16.7 Å². The molecule has 4 rings (SSSR count). The van der Waals surface area contributed by atoms with E-state index in [9.17, 15) is 0 Å². The highest BCUT2D eigenvalue weighted by Crippen LogP contribution is 2.42. The molecule has 0 radical (unpaired) electrons. The summed E-state index contributed by atoms with van der Waals surface area (Å²) in [5.41, 5.74) is 3.66. The van der Waals surface area contributed by atoms with E-state index in [0.29, 0.717) is 5.88 Å². The number of alkyl halides is 1. The second-order valence-corrected chi connectivity index (χ2v) is 7.70. The number of nitrogens with zero attached hydrogens (tertiary/aromatic N) is 2. The predicted octanol–water partition coefficient (Wildman–Crippen LogP) is 4.83. The van der Waals surface area contributed by atoms with E-state index in [1.54, 1.807) is 0 Å². The SMILES string of the molecule is ClCCN1CCN(C(c2ccccc2)(c2ccccc2)c2ccccc2)CC1. The van der Waals surface area contributed by atoms with Gasteiger partial charge in [-0.05, 0) is 16.7 Å². The van der Waals surface area contributed by atoms with Gasteiger partial charge in [0, 0.05) is 38.6 Å². The van der Waals surface area contributed by atoms with Crippen molar-refractivity contribution in [1.29, 1.82) is 0 Å². The predicted molar refractivity (Wildman–Crippen MR) is 118 cm³/mol. The summed E-state index contributed by atoms with van der Waals surface area (Å²) in [6, 6.07) is 32.8. The van der Waals surface area contributed by atoms with E-state index >= 15 is 0 Å². The number of hydrogen-bond acceptors (Lipinski definition) is 2. The Hall–Kier alpha value is -2.13. The third kappa shape index (κ3) is 3.60. The molecule has 0 N–H and O–H groups in total. The Balaban J connectivity index is 1.87. The van der Waals surface area contributed by atoms with Gasteiger partial charge < -0.3 is 0 Å². The molecule has 1 fully saturated rings. The van der Waals surface area contributed by atoms with E-state index in [1.807, 2.05) is 0 Å². The van der Waals surface area contributed by atoms with E-state index in [1.165, 1.54) is 16.7 Å². The summed E-state index contributed by atoms with van der Waals surface area (Å²) < 4.78 is 0. The van der Waals surface area contributed by atoms with Crippen LogP contribution < -0.4 is 0 Å². The maximum absolute atomic E-state index is 5.99. The van der Waals surface area contributed by atoms with Crippen LogP contribution in [0.4, 0.5) is 0 Å². The molecule has 0 atom stereocenters. The third-order valence-corrected chi connectivity index (χ3v) is 5.99. The second kappa shape index (κ2) is 8.91. The minimum atomic E-state index is -0.295. The molecule has 0 aliphatic carbocycles. The first-order chi connectivity index (χ1) is 13.9. The molecule has 0 unspecified atom stereocenters. The van der Waals surface area contributed by atoms with Crippen molar-refractivity contribution in [3.63, 3.8) is 0 Å². The molecule has 0 spiro atoms. The molecule has 28 heavy (non-hydrogen) atoms. The maximum atomic E-state index is 5.99. The molecule has 3 aromatic carbocycles. The van der Waals surface area contributed by atoms with E-state index in [2.05, 4.69) is 101 Å². The monoisotopic (exact) mass is 390 g/mol. The van der Waals surface area contributed by atoms with E-state index < -0.39 is 0 Å². The lowest BCUT2D eigenvalue weighted by Gasteiger charge is -2.49. The smallest absolute Gasteiger partial charge is 0.0973 e. The number of hydrogen-bond donors (Lipinski definition) is 0. The highest BCUT2D eigenvalue weighted by molar-refractivity contribution is 6.18. The van der Waals surface area contributed by atoms with Gasteiger partial charge in [0.1, 0.15) is 0 Å². The van der Waals surface area contributed by atoms with Crippen molar-refractivity contribution < 1.29 is 0 Å². The van der Waals surface area contributed by atoms with Crippen LogP contribution in [0.5, 0.6) is 0 Å². The maximum Gasteiger partial charge on any atom is 0.0973 e. The molecule has 0 amide bonds. The van der Waals surface area contributed by atoms with Crippen LogP contribution in [-0.2, 0) is 5.54 Å². The fourth-order valence-corrected chi connectivity index (χ4v) is 4.75. The standard InChI is InChI=1S/C25H27ClN2/c26-16-17-27-18-20-28(21-19-27)25(22-10-4-1-5-11-22,23-12-6-2-7-13-23)24-14-8-3-9-15-24/h1-15H,16-21H2. The zero-order valence-corrected chi connectivity index (χ0v) is 16.9. The molecule has 0 aromatic heterocycles. The average Bonchev–Trinajstić information content (AvgIpc) is 2.78. The van der Waals surface area contributed by atoms with Gasteiger partial charge in [0.15, 0.2) is 0 Å². The lowest BCUT2D eigenvalue weighted by Crippen LogP contribution is -2.56. The summed E-state index contributed by atoms with van der Waals surface area (Å²) in [5.74, 6) is 0.696. The summed E-state index contributed by atoms with van der Waals surface area (Å²) in [5, 5.41) is 0. The zero-order chi connectivity index (χ0) is 19.2. The van der Waals surface area contributed by atoms with Gasteiger partial charge in [-0.2, -0.15) is 0 Å². The van der Waals surface area contributed by atoms with Crippen molar-refractivity contribution in [3.05, 3.63) is 108 Å². The Kier molecular flexibility index (Phi) is 6.11. The molecule has 1 heterocycles. The van der Waals surface area contributed by atoms with Crippen LogP contribution in [0.2, 0.25) is 0 Å². The van der Waals surface area contributed by atoms with Crippen molar-refractivity contribution in [3.8, 4) is 0 Å². The Morgan fingerprint density at radius 3 is 1.36 bits per heavy atom. The highest BCUT2D eigenvalue weighted by atomic mass is 35.5. The van der Waals surface area contributed by atoms with Crippen molar-refractivity contribution >= 4 is 11.6 Å². The molecule has 0 saturated carbocycles. The number of halogens is 1. The normalized spacial score (nSPS) is 16.2. The number of benzene rings is 3. The Morgan fingerprint density at radius 1 is 0.607 bits per heavy atom.